The molecule has 11 aromatic rings. The summed E-state index contributed by atoms with van der Waals surface area (Å²) in [6.45, 7) is 4.00. The highest BCUT2D eigenvalue weighted by molar-refractivity contribution is 6.14. The summed E-state index contributed by atoms with van der Waals surface area (Å²) < 4.78 is 8.63. The molecular formula is C53H38N4O. The van der Waals surface area contributed by atoms with Gasteiger partial charge in [-0.2, -0.15) is 9.97 Å². The van der Waals surface area contributed by atoms with E-state index in [0.717, 1.165) is 88.3 Å². The van der Waals surface area contributed by atoms with Crippen molar-refractivity contribution >= 4 is 43.7 Å². The van der Waals surface area contributed by atoms with Crippen molar-refractivity contribution in [2.45, 2.75) is 13.8 Å². The minimum absolute atomic E-state index is 0.569. The summed E-state index contributed by atoms with van der Waals surface area (Å²) >= 11 is 0. The summed E-state index contributed by atoms with van der Waals surface area (Å²) in [6.07, 6.45) is 0. The molecule has 276 valence electrons. The second-order valence-electron chi connectivity index (χ2n) is 14.0. The lowest BCUT2D eigenvalue weighted by Crippen LogP contribution is -2.06. The van der Waals surface area contributed by atoms with E-state index in [9.17, 15) is 0 Å². The highest BCUT2D eigenvalue weighted by atomic mass is 16.3. The number of hydrogen-bond donors (Lipinski definition) is 0. The van der Waals surface area contributed by atoms with Crippen molar-refractivity contribution in [2.24, 2.45) is 0 Å². The zero-order valence-corrected chi connectivity index (χ0v) is 32.2. The molecule has 5 nitrogen and oxygen atoms in total. The van der Waals surface area contributed by atoms with Crippen molar-refractivity contribution in [3.8, 4) is 62.1 Å². The van der Waals surface area contributed by atoms with Crippen LogP contribution in [-0.4, -0.2) is 19.5 Å². The fraction of sp³-hybridized carbons (Fsp3) is 0.0377. The monoisotopic (exact) mass is 746 g/mol. The van der Waals surface area contributed by atoms with Crippen molar-refractivity contribution in [1.29, 1.82) is 0 Å². The van der Waals surface area contributed by atoms with Crippen molar-refractivity contribution < 1.29 is 4.42 Å². The number of rotatable bonds is 6. The molecule has 8 aromatic carbocycles. The van der Waals surface area contributed by atoms with Crippen LogP contribution in [0.5, 0.6) is 0 Å². The largest absolute Gasteiger partial charge is 0.455 e. The molecule has 0 amide bonds. The van der Waals surface area contributed by atoms with E-state index in [1.54, 1.807) is 0 Å². The number of hydrogen-bond acceptors (Lipinski definition) is 4. The molecule has 0 aliphatic heterocycles. The van der Waals surface area contributed by atoms with Crippen LogP contribution in [0, 0.1) is 0 Å². The molecule has 0 aliphatic rings. The second kappa shape index (κ2) is 14.8. The van der Waals surface area contributed by atoms with Crippen LogP contribution in [0.4, 0.5) is 0 Å². The molecule has 0 atom stereocenters. The maximum atomic E-state index is 6.42. The van der Waals surface area contributed by atoms with Gasteiger partial charge in [0.15, 0.2) is 11.6 Å². The fourth-order valence-electron chi connectivity index (χ4n) is 8.06. The van der Waals surface area contributed by atoms with E-state index >= 15 is 0 Å². The first-order valence-electron chi connectivity index (χ1n) is 19.8. The number of fused-ring (bicyclic) bond motifs is 6. The van der Waals surface area contributed by atoms with Crippen LogP contribution in [0.1, 0.15) is 13.8 Å². The maximum absolute atomic E-state index is 6.42. The SMILES string of the molecule is CC.c1ccc(-c2nc(-c3ccccc3)nc(-n3c4ccccc4c4cccc(-c5cccc(-c6cccc(-c7cccc8c7oc7ccccc78)c6)c5)c43)n2)cc1. The van der Waals surface area contributed by atoms with Crippen LogP contribution in [0.3, 0.4) is 0 Å². The molecule has 0 N–H and O–H groups in total. The molecule has 0 saturated heterocycles. The zero-order chi connectivity index (χ0) is 39.0. The average molecular weight is 747 g/mol. The van der Waals surface area contributed by atoms with E-state index in [1.807, 2.05) is 86.6 Å². The molecule has 0 unspecified atom stereocenters. The Hall–Kier alpha value is -7.63. The topological polar surface area (TPSA) is 56.7 Å². The van der Waals surface area contributed by atoms with Gasteiger partial charge in [0.25, 0.3) is 0 Å². The summed E-state index contributed by atoms with van der Waals surface area (Å²) in [4.78, 5) is 15.3. The standard InChI is InChI=1S/C51H32N4O.C2H6/c1-3-15-33(16-4-1)49-52-50(34-17-5-2-6-18-34)54-51(53-49)55-45-29-9-7-23-41(45)43-27-13-25-39(47(43)55)37-21-11-19-35(31-37)36-20-12-22-38(32-36)40-26-14-28-44-42-24-8-10-30-46(42)56-48(40)44;1-2/h1-32H;1-2H3. The van der Waals surface area contributed by atoms with Gasteiger partial charge in [0.05, 0.1) is 11.0 Å². The summed E-state index contributed by atoms with van der Waals surface area (Å²) in [6, 6.07) is 67.5. The minimum Gasteiger partial charge on any atom is -0.455 e. The molecule has 58 heavy (non-hydrogen) atoms. The van der Waals surface area contributed by atoms with Crippen LogP contribution in [0.2, 0.25) is 0 Å². The average Bonchev–Trinajstić information content (AvgIpc) is 3.86. The number of nitrogens with zero attached hydrogens (tertiary/aromatic N) is 4. The van der Waals surface area contributed by atoms with Gasteiger partial charge in [0, 0.05) is 43.8 Å². The van der Waals surface area contributed by atoms with Crippen molar-refractivity contribution in [2.75, 3.05) is 0 Å². The van der Waals surface area contributed by atoms with Crippen LogP contribution in [0.15, 0.2) is 199 Å². The zero-order valence-electron chi connectivity index (χ0n) is 32.2. The van der Waals surface area contributed by atoms with Crippen LogP contribution >= 0.6 is 0 Å². The molecule has 0 aliphatic carbocycles. The Bertz CT molecular complexity index is 3200. The van der Waals surface area contributed by atoms with Gasteiger partial charge in [0.2, 0.25) is 5.95 Å². The summed E-state index contributed by atoms with van der Waals surface area (Å²) in [5.41, 5.74) is 12.4. The fourth-order valence-corrected chi connectivity index (χ4v) is 8.06. The maximum Gasteiger partial charge on any atom is 0.238 e. The molecule has 0 fully saturated rings. The predicted octanol–water partition coefficient (Wildman–Crippen LogP) is 14.2. The molecule has 0 saturated carbocycles. The van der Waals surface area contributed by atoms with Gasteiger partial charge in [-0.1, -0.05) is 184 Å². The van der Waals surface area contributed by atoms with Gasteiger partial charge in [-0.15, -0.1) is 0 Å². The third-order valence-electron chi connectivity index (χ3n) is 10.7. The third-order valence-corrected chi connectivity index (χ3v) is 10.7. The Balaban J connectivity index is 0.00000201. The normalized spacial score (nSPS) is 11.3. The molecule has 5 heteroatoms. The van der Waals surface area contributed by atoms with E-state index in [-0.39, 0.29) is 0 Å². The molecule has 3 heterocycles. The van der Waals surface area contributed by atoms with E-state index in [1.165, 1.54) is 0 Å². The van der Waals surface area contributed by atoms with Gasteiger partial charge in [-0.05, 0) is 46.5 Å². The van der Waals surface area contributed by atoms with E-state index < -0.39 is 0 Å². The molecule has 11 rings (SSSR count). The number of aromatic nitrogens is 4. The summed E-state index contributed by atoms with van der Waals surface area (Å²) in [5.74, 6) is 1.82. The van der Waals surface area contributed by atoms with Crippen LogP contribution < -0.4 is 0 Å². The highest BCUT2D eigenvalue weighted by Crippen LogP contribution is 2.40. The van der Waals surface area contributed by atoms with Gasteiger partial charge < -0.3 is 4.42 Å². The Morgan fingerprint density at radius 1 is 0.379 bits per heavy atom. The lowest BCUT2D eigenvalue weighted by molar-refractivity contribution is 0.670. The Labute approximate surface area is 336 Å². The Kier molecular flexibility index (Phi) is 8.88. The highest BCUT2D eigenvalue weighted by Gasteiger charge is 2.21. The lowest BCUT2D eigenvalue weighted by atomic mass is 9.95. The number of furan rings is 1. The van der Waals surface area contributed by atoms with Crippen LogP contribution in [-0.2, 0) is 0 Å². The quantitative estimate of drug-likeness (QED) is 0.170. The van der Waals surface area contributed by atoms with Gasteiger partial charge >= 0.3 is 0 Å². The van der Waals surface area contributed by atoms with Crippen molar-refractivity contribution in [3.63, 3.8) is 0 Å². The molecular weight excluding hydrogens is 709 g/mol. The van der Waals surface area contributed by atoms with E-state index in [4.69, 9.17) is 19.4 Å². The van der Waals surface area contributed by atoms with Crippen molar-refractivity contribution in [1.82, 2.24) is 19.5 Å². The van der Waals surface area contributed by atoms with Gasteiger partial charge in [0.1, 0.15) is 11.2 Å². The minimum atomic E-state index is 0.569. The Morgan fingerprint density at radius 2 is 0.862 bits per heavy atom. The third kappa shape index (κ3) is 6.01. The van der Waals surface area contributed by atoms with Gasteiger partial charge in [-0.25, -0.2) is 4.98 Å². The first-order valence-corrected chi connectivity index (χ1v) is 19.8. The molecule has 0 radical (unpaired) electrons. The Morgan fingerprint density at radius 3 is 1.53 bits per heavy atom. The second-order valence-corrected chi connectivity index (χ2v) is 14.0. The van der Waals surface area contributed by atoms with Crippen molar-refractivity contribution in [3.05, 3.63) is 194 Å². The number of benzene rings is 8. The van der Waals surface area contributed by atoms with E-state index in [2.05, 4.69) is 126 Å². The summed E-state index contributed by atoms with van der Waals surface area (Å²) in [7, 11) is 0. The van der Waals surface area contributed by atoms with Crippen LogP contribution in [0.25, 0.3) is 106 Å². The molecule has 3 aromatic heterocycles. The molecule has 0 bridgehead atoms. The summed E-state index contributed by atoms with van der Waals surface area (Å²) in [5, 5.41) is 4.52. The lowest BCUT2D eigenvalue weighted by Gasteiger charge is -2.13. The molecule has 0 spiro atoms. The smallest absolute Gasteiger partial charge is 0.238 e. The number of para-hydroxylation sites is 4. The first kappa shape index (κ1) is 34.8. The van der Waals surface area contributed by atoms with E-state index in [0.29, 0.717) is 17.6 Å². The van der Waals surface area contributed by atoms with Gasteiger partial charge in [-0.3, -0.25) is 4.57 Å². The predicted molar refractivity (Wildman–Crippen MR) is 240 cm³/mol. The first-order chi connectivity index (χ1) is 28.8.